The predicted octanol–water partition coefficient (Wildman–Crippen LogP) is 2.16. The molecule has 1 amide bonds. The van der Waals surface area contributed by atoms with Gasteiger partial charge in [-0.3, -0.25) is 9.59 Å². The molecule has 1 atom stereocenters. The molecular formula is C17H18N4O4. The Kier molecular flexibility index (Phi) is 4.51. The number of rotatable bonds is 5. The number of carbonyl (C=O) groups is 1. The molecule has 0 aliphatic rings. The Hall–Kier alpha value is -3.16. The number of furan rings is 1. The van der Waals surface area contributed by atoms with Crippen LogP contribution in [0.5, 0.6) is 0 Å². The van der Waals surface area contributed by atoms with Crippen LogP contribution >= 0.6 is 0 Å². The van der Waals surface area contributed by atoms with Crippen molar-refractivity contribution in [2.45, 2.75) is 19.9 Å². The Balaban J connectivity index is 1.85. The Morgan fingerprint density at radius 1 is 1.28 bits per heavy atom. The number of aryl methyl sites for hydroxylation is 1. The third-order valence-corrected chi connectivity index (χ3v) is 3.75. The van der Waals surface area contributed by atoms with E-state index in [4.69, 9.17) is 8.94 Å². The van der Waals surface area contributed by atoms with Crippen LogP contribution in [0.1, 0.15) is 36.3 Å². The molecule has 0 spiro atoms. The van der Waals surface area contributed by atoms with Crippen LogP contribution in [0.3, 0.4) is 0 Å². The smallest absolute Gasteiger partial charge is 0.287 e. The van der Waals surface area contributed by atoms with E-state index in [9.17, 15) is 9.59 Å². The highest BCUT2D eigenvalue weighted by Crippen LogP contribution is 2.23. The first-order valence-electron chi connectivity index (χ1n) is 7.80. The first-order chi connectivity index (χ1) is 12.0. The summed E-state index contributed by atoms with van der Waals surface area (Å²) in [4.78, 5) is 28.1. The maximum atomic E-state index is 12.2. The van der Waals surface area contributed by atoms with E-state index < -0.39 is 6.04 Å². The van der Waals surface area contributed by atoms with Gasteiger partial charge in [0.2, 0.25) is 17.3 Å². The Morgan fingerprint density at radius 3 is 2.72 bits per heavy atom. The van der Waals surface area contributed by atoms with E-state index in [0.717, 1.165) is 0 Å². The lowest BCUT2D eigenvalue weighted by Gasteiger charge is -2.17. The molecule has 0 aliphatic carbocycles. The van der Waals surface area contributed by atoms with Crippen molar-refractivity contribution >= 4 is 5.91 Å². The summed E-state index contributed by atoms with van der Waals surface area (Å²) in [6, 6.07) is 5.82. The van der Waals surface area contributed by atoms with Crippen molar-refractivity contribution in [3.8, 4) is 11.4 Å². The van der Waals surface area contributed by atoms with Crippen molar-refractivity contribution in [1.82, 2.24) is 20.0 Å². The predicted molar refractivity (Wildman–Crippen MR) is 88.7 cm³/mol. The summed E-state index contributed by atoms with van der Waals surface area (Å²) in [5, 5.41) is 6.79. The van der Waals surface area contributed by atoms with E-state index in [-0.39, 0.29) is 23.1 Å². The molecule has 1 N–H and O–H groups in total. The highest BCUT2D eigenvalue weighted by molar-refractivity contribution is 5.91. The first-order valence-corrected chi connectivity index (χ1v) is 7.80. The summed E-state index contributed by atoms with van der Waals surface area (Å²) in [5.41, 5.74) is 0.523. The molecule has 130 valence electrons. The van der Waals surface area contributed by atoms with Crippen molar-refractivity contribution in [3.63, 3.8) is 0 Å². The van der Waals surface area contributed by atoms with Gasteiger partial charge in [0.05, 0.1) is 6.26 Å². The molecule has 25 heavy (non-hydrogen) atoms. The second-order valence-corrected chi connectivity index (χ2v) is 6.00. The topological polar surface area (TPSA) is 103 Å². The van der Waals surface area contributed by atoms with Gasteiger partial charge in [-0.15, -0.1) is 0 Å². The van der Waals surface area contributed by atoms with Gasteiger partial charge in [0.1, 0.15) is 6.04 Å². The van der Waals surface area contributed by atoms with Crippen LogP contribution < -0.4 is 10.9 Å². The van der Waals surface area contributed by atoms with Crippen LogP contribution in [0.25, 0.3) is 11.4 Å². The molecule has 8 nitrogen and oxygen atoms in total. The Labute approximate surface area is 143 Å². The van der Waals surface area contributed by atoms with E-state index in [2.05, 4.69) is 15.5 Å². The molecule has 8 heteroatoms. The largest absolute Gasteiger partial charge is 0.459 e. The van der Waals surface area contributed by atoms with Crippen LogP contribution in [-0.2, 0) is 7.05 Å². The monoisotopic (exact) mass is 342 g/mol. The molecular weight excluding hydrogens is 324 g/mol. The molecule has 3 aromatic rings. The summed E-state index contributed by atoms with van der Waals surface area (Å²) in [5.74, 6) is 0.517. The van der Waals surface area contributed by atoms with Crippen LogP contribution in [-0.4, -0.2) is 20.6 Å². The number of hydrogen-bond acceptors (Lipinski definition) is 6. The molecule has 0 aliphatic heterocycles. The van der Waals surface area contributed by atoms with E-state index in [1.54, 1.807) is 31.4 Å². The molecule has 3 heterocycles. The number of nitrogens with one attached hydrogen (secondary N) is 1. The van der Waals surface area contributed by atoms with Crippen molar-refractivity contribution in [1.29, 1.82) is 0 Å². The minimum Gasteiger partial charge on any atom is -0.459 e. The second kappa shape index (κ2) is 6.76. The lowest BCUT2D eigenvalue weighted by atomic mass is 10.0. The molecule has 3 rings (SSSR count). The quantitative estimate of drug-likeness (QED) is 0.762. The molecule has 0 fully saturated rings. The fourth-order valence-corrected chi connectivity index (χ4v) is 2.34. The number of nitrogens with zero attached hydrogens (tertiary/aromatic N) is 3. The zero-order valence-corrected chi connectivity index (χ0v) is 14.1. The van der Waals surface area contributed by atoms with Gasteiger partial charge in [-0.1, -0.05) is 19.0 Å². The summed E-state index contributed by atoms with van der Waals surface area (Å²) in [6.45, 7) is 3.87. The van der Waals surface area contributed by atoms with Crippen molar-refractivity contribution < 1.29 is 13.7 Å². The first kappa shape index (κ1) is 16.7. The fraction of sp³-hybridized carbons (Fsp3) is 0.294. The second-order valence-electron chi connectivity index (χ2n) is 6.00. The highest BCUT2D eigenvalue weighted by atomic mass is 16.5. The molecule has 3 aromatic heterocycles. The molecule has 0 radical (unpaired) electrons. The van der Waals surface area contributed by atoms with Gasteiger partial charge in [-0.2, -0.15) is 4.98 Å². The molecule has 0 saturated carbocycles. The lowest BCUT2D eigenvalue weighted by molar-refractivity contribution is 0.0885. The van der Waals surface area contributed by atoms with Gasteiger partial charge in [0.25, 0.3) is 5.91 Å². The van der Waals surface area contributed by atoms with E-state index in [1.807, 2.05) is 13.8 Å². The number of aromatic nitrogens is 3. The van der Waals surface area contributed by atoms with Crippen LogP contribution in [0, 0.1) is 5.92 Å². The fourth-order valence-electron chi connectivity index (χ4n) is 2.34. The van der Waals surface area contributed by atoms with Gasteiger partial charge >= 0.3 is 0 Å². The van der Waals surface area contributed by atoms with E-state index in [1.165, 1.54) is 16.9 Å². The Morgan fingerprint density at radius 2 is 2.08 bits per heavy atom. The lowest BCUT2D eigenvalue weighted by Crippen LogP contribution is -2.31. The molecule has 1 unspecified atom stereocenters. The summed E-state index contributed by atoms with van der Waals surface area (Å²) in [7, 11) is 1.65. The van der Waals surface area contributed by atoms with Gasteiger partial charge in [0, 0.05) is 24.9 Å². The van der Waals surface area contributed by atoms with Crippen molar-refractivity contribution in [2.24, 2.45) is 13.0 Å². The highest BCUT2D eigenvalue weighted by Gasteiger charge is 2.26. The third-order valence-electron chi connectivity index (χ3n) is 3.75. The Bertz CT molecular complexity index is 924. The molecule has 0 aromatic carbocycles. The van der Waals surface area contributed by atoms with E-state index in [0.29, 0.717) is 17.3 Å². The minimum absolute atomic E-state index is 0.0207. The summed E-state index contributed by atoms with van der Waals surface area (Å²) >= 11 is 0. The average Bonchev–Trinajstić information content (AvgIpc) is 3.26. The van der Waals surface area contributed by atoms with Crippen LogP contribution in [0.15, 0.2) is 50.5 Å². The van der Waals surface area contributed by atoms with Gasteiger partial charge in [-0.05, 0) is 24.1 Å². The van der Waals surface area contributed by atoms with Gasteiger partial charge < -0.3 is 18.8 Å². The maximum Gasteiger partial charge on any atom is 0.287 e. The number of amides is 1. The van der Waals surface area contributed by atoms with Crippen LogP contribution in [0.2, 0.25) is 0 Å². The average molecular weight is 342 g/mol. The van der Waals surface area contributed by atoms with Gasteiger partial charge in [-0.25, -0.2) is 0 Å². The summed E-state index contributed by atoms with van der Waals surface area (Å²) < 4.78 is 11.9. The third kappa shape index (κ3) is 3.52. The zero-order valence-electron chi connectivity index (χ0n) is 14.1. The number of hydrogen-bond donors (Lipinski definition) is 1. The maximum absolute atomic E-state index is 12.2. The zero-order chi connectivity index (χ0) is 18.0. The molecule has 0 bridgehead atoms. The number of carbonyl (C=O) groups excluding carboxylic acids is 1. The van der Waals surface area contributed by atoms with Crippen LogP contribution in [0.4, 0.5) is 0 Å². The summed E-state index contributed by atoms with van der Waals surface area (Å²) in [6.07, 6.45) is 3.06. The normalized spacial score (nSPS) is 12.3. The standard InChI is InChI=1S/C17H18N4O4/c1-10(2)14(18-16(23)12-5-4-8-24-12)17-19-15(20-25-17)11-6-7-13(22)21(3)9-11/h4-10,14H,1-3H3,(H,18,23). The SMILES string of the molecule is CC(C)C(NC(=O)c1ccco1)c1nc(-c2ccc(=O)n(C)c2)no1. The van der Waals surface area contributed by atoms with Crippen molar-refractivity contribution in [2.75, 3.05) is 0 Å². The van der Waals surface area contributed by atoms with Crippen molar-refractivity contribution in [3.05, 3.63) is 58.7 Å². The molecule has 0 saturated heterocycles. The van der Waals surface area contributed by atoms with E-state index >= 15 is 0 Å². The minimum atomic E-state index is -0.466. The number of pyridine rings is 1. The van der Waals surface area contributed by atoms with Gasteiger partial charge in [0.15, 0.2) is 5.76 Å².